The number of aliphatic carboxylic acids is 1. The second kappa shape index (κ2) is 6.00. The van der Waals surface area contributed by atoms with Crippen molar-refractivity contribution < 1.29 is 67.3 Å². The van der Waals surface area contributed by atoms with Gasteiger partial charge < -0.3 is 14.6 Å². The first kappa shape index (κ1) is 22.3. The fourth-order valence-corrected chi connectivity index (χ4v) is 1.20. The number of hydrogen-bond acceptors (Lipinski definition) is 3. The average Bonchev–Trinajstić information content (AvgIpc) is 2.44. The minimum absolute atomic E-state index is 0.457. The lowest BCUT2D eigenvalue weighted by molar-refractivity contribution is -0.419. The summed E-state index contributed by atoms with van der Waals surface area (Å²) in [7, 11) is -0.457. The van der Waals surface area contributed by atoms with E-state index < -0.39 is 54.5 Å². The molecule has 0 fully saturated rings. The number of rotatable bonds is 7. The zero-order valence-corrected chi connectivity index (χ0v) is 10.8. The highest BCUT2D eigenvalue weighted by Gasteiger charge is 2.87. The second-order valence-electron chi connectivity index (χ2n) is 3.96. The molecule has 0 spiro atoms. The number of halogens is 12. The molecule has 0 bridgehead atoms. The second-order valence-corrected chi connectivity index (χ2v) is 3.96. The van der Waals surface area contributed by atoms with Crippen LogP contribution in [0.4, 0.5) is 52.7 Å². The lowest BCUT2D eigenvalue weighted by Crippen LogP contribution is -2.71. The van der Waals surface area contributed by atoms with Crippen LogP contribution in [0.25, 0.3) is 0 Å². The van der Waals surface area contributed by atoms with E-state index in [2.05, 4.69) is 4.74 Å². The standard InChI is InChI=1S/C9H4F12O3/c1-24-6(15,2(10)3(11)12)8(18,19)9(20,21)7(16,17)5(13,14)4(22)23/h1H3,(H,22,23)/p-1. The third-order valence-corrected chi connectivity index (χ3v) is 2.57. The topological polar surface area (TPSA) is 49.4 Å². The summed E-state index contributed by atoms with van der Waals surface area (Å²) in [6.07, 6.45) is -4.06. The van der Waals surface area contributed by atoms with Crippen molar-refractivity contribution in [2.75, 3.05) is 7.11 Å². The van der Waals surface area contributed by atoms with Gasteiger partial charge in [-0.3, -0.25) is 0 Å². The van der Waals surface area contributed by atoms with Crippen LogP contribution in [-0.4, -0.2) is 42.6 Å². The molecular weight excluding hydrogens is 384 g/mol. The quantitative estimate of drug-likeness (QED) is 0.632. The summed E-state index contributed by atoms with van der Waals surface area (Å²) in [5.41, 5.74) is 0. The van der Waals surface area contributed by atoms with E-state index in [0.717, 1.165) is 0 Å². The predicted octanol–water partition coefficient (Wildman–Crippen LogP) is 2.67. The Labute approximate surface area is 123 Å². The number of ether oxygens (including phenoxy) is 1. The average molecular weight is 387 g/mol. The fraction of sp³-hybridized carbons (Fsp3) is 0.667. The van der Waals surface area contributed by atoms with Gasteiger partial charge in [-0.1, -0.05) is 0 Å². The molecule has 1 unspecified atom stereocenters. The Morgan fingerprint density at radius 3 is 1.42 bits per heavy atom. The van der Waals surface area contributed by atoms with Gasteiger partial charge in [-0.25, -0.2) is 0 Å². The van der Waals surface area contributed by atoms with Crippen molar-refractivity contribution in [3.63, 3.8) is 0 Å². The van der Waals surface area contributed by atoms with Gasteiger partial charge in [-0.15, -0.1) is 0 Å². The van der Waals surface area contributed by atoms with Gasteiger partial charge in [0, 0.05) is 7.11 Å². The number of carbonyl (C=O) groups excluding carboxylic acids is 1. The molecule has 1 atom stereocenters. The third-order valence-electron chi connectivity index (χ3n) is 2.57. The summed E-state index contributed by atoms with van der Waals surface area (Å²) in [5.74, 6) is -44.5. The summed E-state index contributed by atoms with van der Waals surface area (Å²) < 4.78 is 156. The summed E-state index contributed by atoms with van der Waals surface area (Å²) in [4.78, 5) is 9.75. The van der Waals surface area contributed by atoms with Crippen molar-refractivity contribution >= 4 is 5.97 Å². The van der Waals surface area contributed by atoms with Gasteiger partial charge in [0.05, 0.1) is 0 Å². The lowest BCUT2D eigenvalue weighted by Gasteiger charge is -2.40. The molecule has 0 aromatic carbocycles. The SMILES string of the molecule is COC(F)(C(F)=C(F)F)C(F)(F)C(F)(F)C(F)(F)C(F)(F)C(=O)[O-]. The van der Waals surface area contributed by atoms with Crippen molar-refractivity contribution in [3.8, 4) is 0 Å². The highest BCUT2D eigenvalue weighted by atomic mass is 19.4. The first-order chi connectivity index (χ1) is 10.4. The molecule has 0 aromatic heterocycles. The van der Waals surface area contributed by atoms with Crippen LogP contribution in [0.1, 0.15) is 0 Å². The summed E-state index contributed by atoms with van der Waals surface area (Å²) in [6.45, 7) is 0. The maximum atomic E-state index is 13.5. The molecule has 24 heavy (non-hydrogen) atoms. The van der Waals surface area contributed by atoms with E-state index in [1.807, 2.05) is 0 Å². The van der Waals surface area contributed by atoms with Crippen LogP contribution in [-0.2, 0) is 9.53 Å². The Bertz CT molecular complexity index is 538. The van der Waals surface area contributed by atoms with E-state index in [0.29, 0.717) is 0 Å². The normalized spacial score (nSPS) is 16.5. The molecule has 0 amide bonds. The molecule has 0 N–H and O–H groups in total. The molecule has 0 aliphatic heterocycles. The van der Waals surface area contributed by atoms with Crippen LogP contribution in [0, 0.1) is 0 Å². The van der Waals surface area contributed by atoms with Crippen molar-refractivity contribution in [3.05, 3.63) is 11.9 Å². The van der Waals surface area contributed by atoms with E-state index in [1.54, 1.807) is 0 Å². The van der Waals surface area contributed by atoms with Crippen LogP contribution in [0.15, 0.2) is 11.9 Å². The molecule has 0 aromatic rings. The number of hydrogen-bond donors (Lipinski definition) is 0. The monoisotopic (exact) mass is 387 g/mol. The van der Waals surface area contributed by atoms with E-state index in [1.165, 1.54) is 0 Å². The van der Waals surface area contributed by atoms with Gasteiger partial charge in [-0.05, 0) is 0 Å². The fourth-order valence-electron chi connectivity index (χ4n) is 1.20. The zero-order valence-electron chi connectivity index (χ0n) is 10.8. The first-order valence-electron chi connectivity index (χ1n) is 5.04. The number of carboxylic acids is 1. The van der Waals surface area contributed by atoms with Crippen LogP contribution in [0.3, 0.4) is 0 Å². The van der Waals surface area contributed by atoms with E-state index >= 15 is 0 Å². The zero-order chi connectivity index (χ0) is 19.9. The van der Waals surface area contributed by atoms with Crippen LogP contribution in [0.2, 0.25) is 0 Å². The first-order valence-corrected chi connectivity index (χ1v) is 5.04. The Morgan fingerprint density at radius 1 is 0.792 bits per heavy atom. The van der Waals surface area contributed by atoms with Crippen molar-refractivity contribution in [2.45, 2.75) is 29.5 Å². The Morgan fingerprint density at radius 2 is 1.17 bits per heavy atom. The largest absolute Gasteiger partial charge is 0.544 e. The molecule has 0 rings (SSSR count). The number of alkyl halides is 9. The maximum Gasteiger partial charge on any atom is 0.385 e. The Balaban J connectivity index is 6.56. The Hall–Kier alpha value is -1.67. The highest BCUT2D eigenvalue weighted by Crippen LogP contribution is 2.58. The summed E-state index contributed by atoms with van der Waals surface area (Å²) in [5, 5.41) is 9.75. The maximum absolute atomic E-state index is 13.5. The summed E-state index contributed by atoms with van der Waals surface area (Å²) in [6, 6.07) is 0. The van der Waals surface area contributed by atoms with Gasteiger partial charge in [-0.2, -0.15) is 52.7 Å². The number of carbonyl (C=O) groups is 1. The minimum atomic E-state index is -7.74. The molecule has 15 heteroatoms. The molecule has 0 radical (unpaired) electrons. The van der Waals surface area contributed by atoms with Gasteiger partial charge in [0.15, 0.2) is 0 Å². The van der Waals surface area contributed by atoms with E-state index in [9.17, 15) is 62.6 Å². The van der Waals surface area contributed by atoms with Crippen LogP contribution >= 0.6 is 0 Å². The molecule has 142 valence electrons. The molecule has 0 aliphatic carbocycles. The molecular formula is C9H3F12O3-. The van der Waals surface area contributed by atoms with Crippen LogP contribution < -0.4 is 5.11 Å². The van der Waals surface area contributed by atoms with Crippen molar-refractivity contribution in [1.82, 2.24) is 0 Å². The summed E-state index contributed by atoms with van der Waals surface area (Å²) >= 11 is 0. The molecule has 0 saturated heterocycles. The van der Waals surface area contributed by atoms with Gasteiger partial charge in [0.2, 0.25) is 5.83 Å². The molecule has 0 saturated carbocycles. The van der Waals surface area contributed by atoms with Crippen LogP contribution in [0.5, 0.6) is 0 Å². The van der Waals surface area contributed by atoms with E-state index in [4.69, 9.17) is 0 Å². The van der Waals surface area contributed by atoms with E-state index in [-0.39, 0.29) is 0 Å². The van der Waals surface area contributed by atoms with Crippen molar-refractivity contribution in [1.29, 1.82) is 0 Å². The minimum Gasteiger partial charge on any atom is -0.544 e. The number of carboxylic acid groups (broad SMARTS) is 1. The highest BCUT2D eigenvalue weighted by molar-refractivity contribution is 5.75. The third kappa shape index (κ3) is 2.67. The van der Waals surface area contributed by atoms with Gasteiger partial charge in [0.1, 0.15) is 5.97 Å². The predicted molar refractivity (Wildman–Crippen MR) is 46.0 cm³/mol. The molecule has 0 heterocycles. The van der Waals surface area contributed by atoms with Gasteiger partial charge in [0.25, 0.3) is 0 Å². The van der Waals surface area contributed by atoms with Gasteiger partial charge >= 0.3 is 35.6 Å². The molecule has 3 nitrogen and oxygen atoms in total. The number of methoxy groups -OCH3 is 1. The Kier molecular flexibility index (Phi) is 5.58. The molecule has 0 aliphatic rings. The van der Waals surface area contributed by atoms with Crippen molar-refractivity contribution in [2.24, 2.45) is 0 Å². The lowest BCUT2D eigenvalue weighted by atomic mass is 9.93. The smallest absolute Gasteiger partial charge is 0.385 e.